The molecule has 0 unspecified atom stereocenters. The van der Waals surface area contributed by atoms with Crippen LogP contribution < -0.4 is 5.32 Å². The molecule has 0 spiro atoms. The topological polar surface area (TPSA) is 78.4 Å². The largest absolute Gasteiger partial charge is 0.395 e. The van der Waals surface area contributed by atoms with Gasteiger partial charge in [-0.05, 0) is 20.8 Å². The Morgan fingerprint density at radius 2 is 2.05 bits per heavy atom. The van der Waals surface area contributed by atoms with Crippen LogP contribution in [0.4, 0.5) is 5.69 Å². The van der Waals surface area contributed by atoms with E-state index in [4.69, 9.17) is 5.11 Å². The summed E-state index contributed by atoms with van der Waals surface area (Å²) in [5, 5.41) is 12.3. The zero-order chi connectivity index (χ0) is 16.0. The SMILES string of the molecule is CCNc1cnc(C(C)C)nc1C(=O)N(CCO)C(C)C. The number of anilines is 1. The number of rotatable bonds is 7. The highest BCUT2D eigenvalue weighted by molar-refractivity contribution is 5.97. The number of hydrogen-bond acceptors (Lipinski definition) is 5. The number of carbonyl (C=O) groups is 1. The molecule has 118 valence electrons. The van der Waals surface area contributed by atoms with Gasteiger partial charge in [-0.1, -0.05) is 13.8 Å². The van der Waals surface area contributed by atoms with Crippen molar-refractivity contribution in [3.8, 4) is 0 Å². The maximum Gasteiger partial charge on any atom is 0.275 e. The van der Waals surface area contributed by atoms with Crippen LogP contribution in [0.1, 0.15) is 56.8 Å². The van der Waals surface area contributed by atoms with Crippen molar-refractivity contribution in [2.24, 2.45) is 0 Å². The quantitative estimate of drug-likeness (QED) is 0.802. The van der Waals surface area contributed by atoms with E-state index in [0.29, 0.717) is 30.3 Å². The molecule has 6 nitrogen and oxygen atoms in total. The molecular weight excluding hydrogens is 268 g/mol. The first kappa shape index (κ1) is 17.4. The second-order valence-electron chi connectivity index (χ2n) is 5.49. The first-order chi connectivity index (χ1) is 9.92. The number of aliphatic hydroxyl groups excluding tert-OH is 1. The van der Waals surface area contributed by atoms with Gasteiger partial charge in [0.05, 0.1) is 18.5 Å². The van der Waals surface area contributed by atoms with Crippen LogP contribution in [0.2, 0.25) is 0 Å². The highest BCUT2D eigenvalue weighted by Gasteiger charge is 2.23. The lowest BCUT2D eigenvalue weighted by atomic mass is 10.2. The molecule has 0 aromatic carbocycles. The van der Waals surface area contributed by atoms with Crippen molar-refractivity contribution in [2.75, 3.05) is 25.0 Å². The third-order valence-corrected chi connectivity index (χ3v) is 3.12. The van der Waals surface area contributed by atoms with E-state index in [1.54, 1.807) is 11.1 Å². The van der Waals surface area contributed by atoms with E-state index in [-0.39, 0.29) is 24.5 Å². The molecule has 0 bridgehead atoms. The Morgan fingerprint density at radius 1 is 1.38 bits per heavy atom. The van der Waals surface area contributed by atoms with E-state index < -0.39 is 0 Å². The van der Waals surface area contributed by atoms with Gasteiger partial charge in [-0.25, -0.2) is 9.97 Å². The van der Waals surface area contributed by atoms with Gasteiger partial charge in [-0.2, -0.15) is 0 Å². The molecule has 0 saturated heterocycles. The third-order valence-electron chi connectivity index (χ3n) is 3.12. The predicted molar refractivity (Wildman–Crippen MR) is 83.5 cm³/mol. The van der Waals surface area contributed by atoms with Crippen molar-refractivity contribution >= 4 is 11.6 Å². The minimum atomic E-state index is -0.181. The van der Waals surface area contributed by atoms with Gasteiger partial charge in [0, 0.05) is 25.0 Å². The lowest BCUT2D eigenvalue weighted by Gasteiger charge is -2.26. The summed E-state index contributed by atoms with van der Waals surface area (Å²) in [5.41, 5.74) is 1.01. The maximum atomic E-state index is 12.7. The predicted octanol–water partition coefficient (Wildman–Crippen LogP) is 1.87. The molecule has 2 N–H and O–H groups in total. The van der Waals surface area contributed by atoms with Gasteiger partial charge >= 0.3 is 0 Å². The first-order valence-electron chi connectivity index (χ1n) is 7.44. The smallest absolute Gasteiger partial charge is 0.275 e. The summed E-state index contributed by atoms with van der Waals surface area (Å²) in [4.78, 5) is 23.1. The summed E-state index contributed by atoms with van der Waals surface area (Å²) in [5.74, 6) is 0.615. The maximum absolute atomic E-state index is 12.7. The van der Waals surface area contributed by atoms with Crippen LogP contribution >= 0.6 is 0 Å². The molecule has 0 saturated carbocycles. The summed E-state index contributed by atoms with van der Waals surface area (Å²) in [7, 11) is 0. The van der Waals surface area contributed by atoms with Gasteiger partial charge < -0.3 is 15.3 Å². The molecular formula is C15H26N4O2. The second kappa shape index (κ2) is 7.93. The van der Waals surface area contributed by atoms with Gasteiger partial charge in [0.1, 0.15) is 5.82 Å². The Morgan fingerprint density at radius 3 is 2.52 bits per heavy atom. The van der Waals surface area contributed by atoms with E-state index in [9.17, 15) is 4.79 Å². The van der Waals surface area contributed by atoms with Crippen LogP contribution in [-0.4, -0.2) is 51.6 Å². The molecule has 0 aliphatic rings. The van der Waals surface area contributed by atoms with Gasteiger partial charge in [0.2, 0.25) is 0 Å². The molecule has 1 aromatic rings. The zero-order valence-corrected chi connectivity index (χ0v) is 13.6. The van der Waals surface area contributed by atoms with E-state index in [1.807, 2.05) is 34.6 Å². The van der Waals surface area contributed by atoms with Crippen LogP contribution in [0.25, 0.3) is 0 Å². The van der Waals surface area contributed by atoms with Crippen molar-refractivity contribution in [3.63, 3.8) is 0 Å². The van der Waals surface area contributed by atoms with Crippen LogP contribution in [0.15, 0.2) is 6.20 Å². The molecule has 6 heteroatoms. The molecule has 21 heavy (non-hydrogen) atoms. The highest BCUT2D eigenvalue weighted by Crippen LogP contribution is 2.19. The Balaban J connectivity index is 3.22. The minimum Gasteiger partial charge on any atom is -0.395 e. The van der Waals surface area contributed by atoms with Crippen molar-refractivity contribution in [1.82, 2.24) is 14.9 Å². The molecule has 1 heterocycles. The molecule has 0 aliphatic heterocycles. The first-order valence-corrected chi connectivity index (χ1v) is 7.44. The van der Waals surface area contributed by atoms with Gasteiger partial charge in [-0.15, -0.1) is 0 Å². The Hall–Kier alpha value is -1.69. The molecule has 0 radical (unpaired) electrons. The average Bonchev–Trinajstić information content (AvgIpc) is 2.44. The van der Waals surface area contributed by atoms with Crippen molar-refractivity contribution in [2.45, 2.75) is 46.6 Å². The minimum absolute atomic E-state index is 0.00316. The fourth-order valence-electron chi connectivity index (χ4n) is 1.99. The van der Waals surface area contributed by atoms with Crippen molar-refractivity contribution in [3.05, 3.63) is 17.7 Å². The average molecular weight is 294 g/mol. The summed E-state index contributed by atoms with van der Waals surface area (Å²) in [6, 6.07) is -0.00316. The van der Waals surface area contributed by atoms with E-state index in [0.717, 1.165) is 0 Å². The fraction of sp³-hybridized carbons (Fsp3) is 0.667. The third kappa shape index (κ3) is 4.39. The Labute approximate surface area is 126 Å². The molecule has 0 fully saturated rings. The summed E-state index contributed by atoms with van der Waals surface area (Å²) in [6.45, 7) is 10.7. The normalized spacial score (nSPS) is 11.0. The van der Waals surface area contributed by atoms with Crippen molar-refractivity contribution < 1.29 is 9.90 Å². The Bertz CT molecular complexity index is 475. The summed E-state index contributed by atoms with van der Waals surface area (Å²) in [6.07, 6.45) is 1.66. The fourth-order valence-corrected chi connectivity index (χ4v) is 1.99. The number of aromatic nitrogens is 2. The number of nitrogens with zero attached hydrogens (tertiary/aromatic N) is 3. The Kier molecular flexibility index (Phi) is 6.55. The summed E-state index contributed by atoms with van der Waals surface area (Å²) < 4.78 is 0. The molecule has 1 amide bonds. The van der Waals surface area contributed by atoms with Crippen LogP contribution in [0, 0.1) is 0 Å². The zero-order valence-electron chi connectivity index (χ0n) is 13.6. The second-order valence-corrected chi connectivity index (χ2v) is 5.49. The molecule has 0 aliphatic carbocycles. The van der Waals surface area contributed by atoms with E-state index in [2.05, 4.69) is 15.3 Å². The van der Waals surface area contributed by atoms with Crippen LogP contribution in [-0.2, 0) is 0 Å². The van der Waals surface area contributed by atoms with Gasteiger partial charge in [0.25, 0.3) is 5.91 Å². The molecule has 0 atom stereocenters. The number of hydrogen-bond donors (Lipinski definition) is 2. The number of aliphatic hydroxyl groups is 1. The summed E-state index contributed by atoms with van der Waals surface area (Å²) >= 11 is 0. The lowest BCUT2D eigenvalue weighted by molar-refractivity contribution is 0.0660. The number of amides is 1. The van der Waals surface area contributed by atoms with E-state index in [1.165, 1.54) is 0 Å². The monoisotopic (exact) mass is 294 g/mol. The van der Waals surface area contributed by atoms with E-state index >= 15 is 0 Å². The van der Waals surface area contributed by atoms with Gasteiger partial charge in [-0.3, -0.25) is 4.79 Å². The standard InChI is InChI=1S/C15H26N4O2/c1-6-16-12-9-17-14(10(2)3)18-13(12)15(21)19(7-8-20)11(4)5/h9-11,16,20H,6-8H2,1-5H3. The molecule has 1 aromatic heterocycles. The highest BCUT2D eigenvalue weighted by atomic mass is 16.3. The van der Waals surface area contributed by atoms with Crippen LogP contribution in [0.3, 0.4) is 0 Å². The lowest BCUT2D eigenvalue weighted by Crippen LogP contribution is -2.40. The van der Waals surface area contributed by atoms with Gasteiger partial charge in [0.15, 0.2) is 5.69 Å². The molecule has 1 rings (SSSR count). The van der Waals surface area contributed by atoms with Crippen LogP contribution in [0.5, 0.6) is 0 Å². The van der Waals surface area contributed by atoms with Crippen molar-refractivity contribution in [1.29, 1.82) is 0 Å². The number of nitrogens with one attached hydrogen (secondary N) is 1. The number of carbonyl (C=O) groups excluding carboxylic acids is 1.